The highest BCUT2D eigenvalue weighted by Crippen LogP contribution is 2.27. The van der Waals surface area contributed by atoms with Crippen molar-refractivity contribution in [2.45, 2.75) is 58.0 Å². The van der Waals surface area contributed by atoms with Crippen molar-refractivity contribution in [1.29, 1.82) is 0 Å². The summed E-state index contributed by atoms with van der Waals surface area (Å²) in [5.74, 6) is 0.130. The van der Waals surface area contributed by atoms with Gasteiger partial charge in [-0.3, -0.25) is 4.79 Å². The minimum absolute atomic E-state index is 0.130. The van der Waals surface area contributed by atoms with Crippen LogP contribution in [0.25, 0.3) is 0 Å². The van der Waals surface area contributed by atoms with E-state index in [1.54, 1.807) is 0 Å². The third-order valence-electron chi connectivity index (χ3n) is 4.34. The highest BCUT2D eigenvalue weighted by Gasteiger charge is 2.33. The Hall–Kier alpha value is -1.35. The lowest BCUT2D eigenvalue weighted by Crippen LogP contribution is -2.51. The molecule has 0 radical (unpaired) electrons. The molecule has 2 rings (SSSR count). The molecule has 0 spiro atoms. The lowest BCUT2D eigenvalue weighted by Gasteiger charge is -2.33. The van der Waals surface area contributed by atoms with Crippen molar-refractivity contribution in [3.05, 3.63) is 35.4 Å². The molecular formula is C17H26N2O. The molecule has 0 saturated carbocycles. The maximum Gasteiger partial charge on any atom is 0.230 e. The second kappa shape index (κ2) is 5.96. The van der Waals surface area contributed by atoms with Crippen molar-refractivity contribution in [3.63, 3.8) is 0 Å². The van der Waals surface area contributed by atoms with Gasteiger partial charge in [0.05, 0.1) is 5.41 Å². The number of carbonyl (C=O) groups is 1. The second-order valence-corrected chi connectivity index (χ2v) is 6.49. The Bertz CT molecular complexity index is 482. The van der Waals surface area contributed by atoms with Gasteiger partial charge in [-0.1, -0.05) is 24.3 Å². The van der Waals surface area contributed by atoms with E-state index in [1.165, 1.54) is 5.56 Å². The number of aryl methyl sites for hydroxylation is 1. The van der Waals surface area contributed by atoms with E-state index in [0.29, 0.717) is 12.1 Å². The molecule has 3 heteroatoms. The maximum atomic E-state index is 12.7. The van der Waals surface area contributed by atoms with Crippen molar-refractivity contribution < 1.29 is 4.79 Å². The first-order valence-corrected chi connectivity index (χ1v) is 7.51. The number of nitrogens with one attached hydrogen (secondary N) is 2. The zero-order valence-corrected chi connectivity index (χ0v) is 13.0. The van der Waals surface area contributed by atoms with Crippen molar-refractivity contribution in [2.75, 3.05) is 6.54 Å². The van der Waals surface area contributed by atoms with Crippen LogP contribution >= 0.6 is 0 Å². The normalized spacial score (nSPS) is 23.4. The number of benzene rings is 1. The van der Waals surface area contributed by atoms with Crippen LogP contribution in [0.3, 0.4) is 0 Å². The van der Waals surface area contributed by atoms with Crippen LogP contribution in [0.1, 0.15) is 44.7 Å². The molecule has 1 aromatic carbocycles. The Morgan fingerprint density at radius 1 is 1.35 bits per heavy atom. The fraction of sp³-hybridized carbons (Fsp3) is 0.588. The van der Waals surface area contributed by atoms with Crippen LogP contribution in [0.5, 0.6) is 0 Å². The monoisotopic (exact) mass is 274 g/mol. The smallest absolute Gasteiger partial charge is 0.230 e. The molecule has 20 heavy (non-hydrogen) atoms. The minimum Gasteiger partial charge on any atom is -0.353 e. The van der Waals surface area contributed by atoms with E-state index < -0.39 is 5.41 Å². The van der Waals surface area contributed by atoms with Crippen molar-refractivity contribution in [2.24, 2.45) is 0 Å². The van der Waals surface area contributed by atoms with Crippen molar-refractivity contribution in [1.82, 2.24) is 10.6 Å². The van der Waals surface area contributed by atoms with Gasteiger partial charge < -0.3 is 10.6 Å². The predicted octanol–water partition coefficient (Wildman–Crippen LogP) is 2.53. The van der Waals surface area contributed by atoms with Gasteiger partial charge in [-0.25, -0.2) is 0 Å². The van der Waals surface area contributed by atoms with Gasteiger partial charge in [0.15, 0.2) is 0 Å². The molecule has 2 atom stereocenters. The fourth-order valence-corrected chi connectivity index (χ4v) is 3.03. The first kappa shape index (κ1) is 15.0. The Kier molecular flexibility index (Phi) is 4.48. The van der Waals surface area contributed by atoms with E-state index in [-0.39, 0.29) is 5.91 Å². The number of hydrogen-bond donors (Lipinski definition) is 2. The summed E-state index contributed by atoms with van der Waals surface area (Å²) in [7, 11) is 0. The highest BCUT2D eigenvalue weighted by molar-refractivity contribution is 5.88. The minimum atomic E-state index is -0.487. The van der Waals surface area contributed by atoms with Gasteiger partial charge >= 0.3 is 0 Å². The van der Waals surface area contributed by atoms with Gasteiger partial charge in [-0.05, 0) is 58.2 Å². The molecule has 0 aliphatic carbocycles. The maximum absolute atomic E-state index is 12.7. The van der Waals surface area contributed by atoms with Gasteiger partial charge in [0.1, 0.15) is 0 Å². The van der Waals surface area contributed by atoms with E-state index in [4.69, 9.17) is 0 Å². The Morgan fingerprint density at radius 3 is 2.70 bits per heavy atom. The topological polar surface area (TPSA) is 41.1 Å². The standard InChI is InChI=1S/C17H26N2O/c1-12-7-5-6-8-15(12)17(3,4)16(20)19-14-9-10-18-13(2)11-14/h5-8,13-14,18H,9-11H2,1-4H3,(H,19,20). The molecule has 3 nitrogen and oxygen atoms in total. The van der Waals surface area contributed by atoms with E-state index in [2.05, 4.69) is 36.6 Å². The van der Waals surface area contributed by atoms with Gasteiger partial charge in [0.2, 0.25) is 5.91 Å². The van der Waals surface area contributed by atoms with Crippen molar-refractivity contribution >= 4 is 5.91 Å². The second-order valence-electron chi connectivity index (χ2n) is 6.49. The van der Waals surface area contributed by atoms with E-state index in [9.17, 15) is 4.79 Å². The van der Waals surface area contributed by atoms with Gasteiger partial charge in [0, 0.05) is 12.1 Å². The van der Waals surface area contributed by atoms with Crippen LogP contribution in [-0.2, 0) is 10.2 Å². The van der Waals surface area contributed by atoms with E-state index in [1.807, 2.05) is 26.0 Å². The largest absolute Gasteiger partial charge is 0.353 e. The zero-order chi connectivity index (χ0) is 14.8. The molecule has 1 aliphatic heterocycles. The molecule has 0 aromatic heterocycles. The quantitative estimate of drug-likeness (QED) is 0.889. The molecule has 2 N–H and O–H groups in total. The Morgan fingerprint density at radius 2 is 2.05 bits per heavy atom. The summed E-state index contributed by atoms with van der Waals surface area (Å²) in [5.41, 5.74) is 1.80. The van der Waals surface area contributed by atoms with Gasteiger partial charge in [0.25, 0.3) is 0 Å². The van der Waals surface area contributed by atoms with Gasteiger partial charge in [-0.15, -0.1) is 0 Å². The summed E-state index contributed by atoms with van der Waals surface area (Å²) >= 11 is 0. The van der Waals surface area contributed by atoms with Crippen LogP contribution in [0.2, 0.25) is 0 Å². The Labute approximate surface area is 122 Å². The average molecular weight is 274 g/mol. The fourth-order valence-electron chi connectivity index (χ4n) is 3.03. The Balaban J connectivity index is 2.09. The molecule has 110 valence electrons. The molecule has 1 aromatic rings. The first-order valence-electron chi connectivity index (χ1n) is 7.51. The molecule has 1 fully saturated rings. The summed E-state index contributed by atoms with van der Waals surface area (Å²) in [5, 5.41) is 6.65. The number of piperidine rings is 1. The van der Waals surface area contributed by atoms with Crippen LogP contribution < -0.4 is 10.6 Å². The number of rotatable bonds is 3. The SMILES string of the molecule is Cc1ccccc1C(C)(C)C(=O)NC1CCNC(C)C1. The molecule has 2 unspecified atom stereocenters. The summed E-state index contributed by atoms with van der Waals surface area (Å²) in [6, 6.07) is 8.92. The molecule has 0 bridgehead atoms. The van der Waals surface area contributed by atoms with Crippen molar-refractivity contribution in [3.8, 4) is 0 Å². The zero-order valence-electron chi connectivity index (χ0n) is 13.0. The lowest BCUT2D eigenvalue weighted by molar-refractivity contribution is -0.126. The molecule has 1 saturated heterocycles. The number of hydrogen-bond acceptors (Lipinski definition) is 2. The first-order chi connectivity index (χ1) is 9.41. The van der Waals surface area contributed by atoms with Crippen LogP contribution in [0.15, 0.2) is 24.3 Å². The molecular weight excluding hydrogens is 248 g/mol. The summed E-state index contributed by atoms with van der Waals surface area (Å²) in [4.78, 5) is 12.7. The number of carbonyl (C=O) groups excluding carboxylic acids is 1. The summed E-state index contributed by atoms with van der Waals surface area (Å²) in [6.07, 6.45) is 2.02. The summed E-state index contributed by atoms with van der Waals surface area (Å²) in [6.45, 7) is 9.24. The highest BCUT2D eigenvalue weighted by atomic mass is 16.2. The van der Waals surface area contributed by atoms with E-state index in [0.717, 1.165) is 24.9 Å². The van der Waals surface area contributed by atoms with Crippen LogP contribution in [0, 0.1) is 6.92 Å². The van der Waals surface area contributed by atoms with E-state index >= 15 is 0 Å². The van der Waals surface area contributed by atoms with Crippen LogP contribution in [0.4, 0.5) is 0 Å². The predicted molar refractivity (Wildman–Crippen MR) is 82.8 cm³/mol. The molecule has 1 aliphatic rings. The van der Waals surface area contributed by atoms with Crippen LogP contribution in [-0.4, -0.2) is 24.5 Å². The third kappa shape index (κ3) is 3.21. The summed E-state index contributed by atoms with van der Waals surface area (Å²) < 4.78 is 0. The third-order valence-corrected chi connectivity index (χ3v) is 4.34. The van der Waals surface area contributed by atoms with Gasteiger partial charge in [-0.2, -0.15) is 0 Å². The molecule has 1 amide bonds. The lowest BCUT2D eigenvalue weighted by atomic mass is 9.80. The molecule has 1 heterocycles. The number of amides is 1. The average Bonchev–Trinajstić information content (AvgIpc) is 2.39.